The fourth-order valence-electron chi connectivity index (χ4n) is 3.65. The maximum atomic E-state index is 12.8. The number of ether oxygens (including phenoxy) is 2. The minimum Gasteiger partial charge on any atom is -0.350 e. The van der Waals surface area contributed by atoms with Crippen LogP contribution in [0.25, 0.3) is 0 Å². The van der Waals surface area contributed by atoms with E-state index in [9.17, 15) is 13.2 Å². The van der Waals surface area contributed by atoms with Crippen molar-refractivity contribution in [2.24, 2.45) is 5.92 Å². The lowest BCUT2D eigenvalue weighted by molar-refractivity contribution is -0.0956. The van der Waals surface area contributed by atoms with Gasteiger partial charge in [-0.1, -0.05) is 6.07 Å². The number of amides is 1. The van der Waals surface area contributed by atoms with Crippen LogP contribution in [0.2, 0.25) is 0 Å². The maximum absolute atomic E-state index is 12.8. The van der Waals surface area contributed by atoms with Crippen LogP contribution in [0, 0.1) is 5.92 Å². The van der Waals surface area contributed by atoms with Gasteiger partial charge in [-0.25, -0.2) is 13.1 Å². The van der Waals surface area contributed by atoms with Crippen molar-refractivity contribution < 1.29 is 22.7 Å². The molecule has 2 aliphatic heterocycles. The summed E-state index contributed by atoms with van der Waals surface area (Å²) in [6.45, 7) is 2.83. The van der Waals surface area contributed by atoms with Crippen molar-refractivity contribution in [3.05, 3.63) is 52.2 Å². The fraction of sp³-hybridized carbons (Fsp3) is 0.450. The molecule has 7 nitrogen and oxygen atoms in total. The van der Waals surface area contributed by atoms with Gasteiger partial charge in [0.2, 0.25) is 10.0 Å². The number of hydrogen-bond acceptors (Lipinski definition) is 6. The van der Waals surface area contributed by atoms with Crippen LogP contribution in [-0.4, -0.2) is 51.8 Å². The Bertz CT molecular complexity index is 914. The summed E-state index contributed by atoms with van der Waals surface area (Å²) in [5, 5.41) is 1.90. The van der Waals surface area contributed by atoms with Crippen LogP contribution in [0.3, 0.4) is 0 Å². The van der Waals surface area contributed by atoms with Crippen LogP contribution in [0.1, 0.15) is 28.1 Å². The largest absolute Gasteiger partial charge is 0.350 e. The number of carbonyl (C=O) groups excluding carboxylic acids is 1. The molecule has 0 spiro atoms. The highest BCUT2D eigenvalue weighted by Gasteiger charge is 2.32. The van der Waals surface area contributed by atoms with Gasteiger partial charge in [-0.3, -0.25) is 4.79 Å². The normalized spacial score (nSPS) is 19.0. The number of nitrogens with zero attached hydrogens (tertiary/aromatic N) is 1. The third kappa shape index (κ3) is 4.87. The van der Waals surface area contributed by atoms with Gasteiger partial charge in [0.25, 0.3) is 5.91 Å². The Hall–Kier alpha value is -1.78. The highest BCUT2D eigenvalue weighted by molar-refractivity contribution is 7.89. The molecular weight excluding hydrogens is 412 g/mol. The number of hydrogen-bond donors (Lipinski definition) is 1. The van der Waals surface area contributed by atoms with Crippen LogP contribution < -0.4 is 4.72 Å². The number of nitrogens with one attached hydrogen (secondary N) is 1. The number of piperidine rings is 1. The van der Waals surface area contributed by atoms with Crippen molar-refractivity contribution in [2.45, 2.75) is 30.6 Å². The van der Waals surface area contributed by atoms with Gasteiger partial charge < -0.3 is 14.4 Å². The topological polar surface area (TPSA) is 84.9 Å². The highest BCUT2D eigenvalue weighted by Crippen LogP contribution is 2.26. The zero-order valence-corrected chi connectivity index (χ0v) is 17.6. The minimum absolute atomic E-state index is 0.0767. The Kier molecular flexibility index (Phi) is 6.31. The number of carbonyl (C=O) groups is 1. The Balaban J connectivity index is 1.34. The zero-order valence-electron chi connectivity index (χ0n) is 16.0. The number of benzene rings is 1. The van der Waals surface area contributed by atoms with Crippen LogP contribution in [0.4, 0.5) is 0 Å². The first-order valence-corrected chi connectivity index (χ1v) is 12.0. The second kappa shape index (κ2) is 8.93. The molecule has 0 unspecified atom stereocenters. The minimum atomic E-state index is -3.62. The second-order valence-electron chi connectivity index (χ2n) is 7.17. The van der Waals surface area contributed by atoms with Crippen LogP contribution in [0.5, 0.6) is 0 Å². The van der Waals surface area contributed by atoms with Gasteiger partial charge in [0.15, 0.2) is 6.29 Å². The molecular formula is C20H24N2O5S2. The molecule has 29 heavy (non-hydrogen) atoms. The summed E-state index contributed by atoms with van der Waals surface area (Å²) < 4.78 is 38.6. The van der Waals surface area contributed by atoms with E-state index in [4.69, 9.17) is 9.47 Å². The second-order valence-corrected chi connectivity index (χ2v) is 9.97. The zero-order chi connectivity index (χ0) is 20.3. The van der Waals surface area contributed by atoms with E-state index >= 15 is 0 Å². The SMILES string of the molecule is O=C(c1ccc(S(=O)(=O)NCc2cccs2)cc1)N1CCC(C2OCCO2)CC1. The Morgan fingerprint density at radius 2 is 1.79 bits per heavy atom. The lowest BCUT2D eigenvalue weighted by atomic mass is 9.95. The van der Waals surface area contributed by atoms with E-state index < -0.39 is 10.0 Å². The number of likely N-dealkylation sites (tertiary alicyclic amines) is 1. The molecule has 1 aromatic heterocycles. The highest BCUT2D eigenvalue weighted by atomic mass is 32.2. The average Bonchev–Trinajstić information content (AvgIpc) is 3.46. The van der Waals surface area contributed by atoms with Crippen molar-refractivity contribution in [2.75, 3.05) is 26.3 Å². The van der Waals surface area contributed by atoms with Crippen LogP contribution in [-0.2, 0) is 26.0 Å². The molecule has 3 heterocycles. The van der Waals surface area contributed by atoms with Crippen molar-refractivity contribution >= 4 is 27.3 Å². The number of sulfonamides is 1. The van der Waals surface area contributed by atoms with Gasteiger partial charge >= 0.3 is 0 Å². The summed E-state index contributed by atoms with van der Waals surface area (Å²) in [5.74, 6) is 0.246. The van der Waals surface area contributed by atoms with Gasteiger partial charge in [0, 0.05) is 36.0 Å². The first-order valence-electron chi connectivity index (χ1n) is 9.67. The van der Waals surface area contributed by atoms with Gasteiger partial charge in [-0.15, -0.1) is 11.3 Å². The third-order valence-corrected chi connectivity index (χ3v) is 7.58. The molecule has 1 N–H and O–H groups in total. The van der Waals surface area contributed by atoms with Gasteiger partial charge in [-0.2, -0.15) is 0 Å². The third-order valence-electron chi connectivity index (χ3n) is 5.29. The number of thiophene rings is 1. The molecule has 2 saturated heterocycles. The summed E-state index contributed by atoms with van der Waals surface area (Å²) in [4.78, 5) is 15.7. The lowest BCUT2D eigenvalue weighted by Crippen LogP contribution is -2.41. The molecule has 9 heteroatoms. The van der Waals surface area contributed by atoms with Crippen molar-refractivity contribution in [3.63, 3.8) is 0 Å². The Labute approximate surface area is 174 Å². The Morgan fingerprint density at radius 1 is 1.10 bits per heavy atom. The van der Waals surface area contributed by atoms with E-state index in [1.54, 1.807) is 12.1 Å². The predicted molar refractivity (Wildman–Crippen MR) is 109 cm³/mol. The molecule has 0 saturated carbocycles. The summed E-state index contributed by atoms with van der Waals surface area (Å²) in [5.41, 5.74) is 0.494. The molecule has 0 radical (unpaired) electrons. The molecule has 2 aromatic rings. The summed E-state index contributed by atoms with van der Waals surface area (Å²) in [6.07, 6.45) is 1.55. The molecule has 0 atom stereocenters. The van der Waals surface area contributed by atoms with Crippen molar-refractivity contribution in [3.8, 4) is 0 Å². The molecule has 1 amide bonds. The maximum Gasteiger partial charge on any atom is 0.253 e. The van der Waals surface area contributed by atoms with E-state index in [-0.39, 0.29) is 23.6 Å². The summed E-state index contributed by atoms with van der Waals surface area (Å²) >= 11 is 1.50. The molecule has 1 aromatic carbocycles. The van der Waals surface area contributed by atoms with E-state index in [0.29, 0.717) is 37.8 Å². The van der Waals surface area contributed by atoms with Crippen molar-refractivity contribution in [1.82, 2.24) is 9.62 Å². The van der Waals surface area contributed by atoms with Gasteiger partial charge in [0.1, 0.15) is 0 Å². The monoisotopic (exact) mass is 436 g/mol. The van der Waals surface area contributed by atoms with E-state index in [1.165, 1.54) is 23.5 Å². The molecule has 156 valence electrons. The molecule has 0 bridgehead atoms. The molecule has 0 aliphatic carbocycles. The first kappa shape index (κ1) is 20.5. The number of rotatable bonds is 6. The van der Waals surface area contributed by atoms with Gasteiger partial charge in [0.05, 0.1) is 18.1 Å². The summed E-state index contributed by atoms with van der Waals surface area (Å²) in [6, 6.07) is 9.89. The first-order chi connectivity index (χ1) is 14.0. The molecule has 2 aliphatic rings. The lowest BCUT2D eigenvalue weighted by Gasteiger charge is -2.33. The van der Waals surface area contributed by atoms with Crippen LogP contribution in [0.15, 0.2) is 46.7 Å². The van der Waals surface area contributed by atoms with Gasteiger partial charge in [-0.05, 0) is 48.6 Å². The molecule has 2 fully saturated rings. The van der Waals surface area contributed by atoms with Crippen LogP contribution >= 0.6 is 11.3 Å². The smallest absolute Gasteiger partial charge is 0.253 e. The van der Waals surface area contributed by atoms with E-state index in [1.807, 2.05) is 22.4 Å². The molecule has 4 rings (SSSR count). The average molecular weight is 437 g/mol. The predicted octanol–water partition coefficient (Wildman–Crippen LogP) is 2.45. The van der Waals surface area contributed by atoms with E-state index in [2.05, 4.69) is 4.72 Å². The summed E-state index contributed by atoms with van der Waals surface area (Å²) in [7, 11) is -3.62. The van der Waals surface area contributed by atoms with Crippen molar-refractivity contribution in [1.29, 1.82) is 0 Å². The Morgan fingerprint density at radius 3 is 2.41 bits per heavy atom. The van der Waals surface area contributed by atoms with E-state index in [0.717, 1.165) is 17.7 Å². The fourth-order valence-corrected chi connectivity index (χ4v) is 5.39. The quantitative estimate of drug-likeness (QED) is 0.752. The standard InChI is InChI=1S/C20H24N2O5S2/c23-19(22-9-7-16(8-10-22)20-26-11-12-27-20)15-3-5-18(6-4-15)29(24,25)21-14-17-2-1-13-28-17/h1-6,13,16,20-21H,7-12,14H2.